The predicted octanol–water partition coefficient (Wildman–Crippen LogP) is 4.69. The number of piperidine rings is 1. The summed E-state index contributed by atoms with van der Waals surface area (Å²) in [6.07, 6.45) is 4.14. The number of methoxy groups -OCH3 is 1. The number of hydrogen-bond donors (Lipinski definition) is 1. The molecule has 36 heavy (non-hydrogen) atoms. The summed E-state index contributed by atoms with van der Waals surface area (Å²) < 4.78 is 5.26. The van der Waals surface area contributed by atoms with Crippen molar-refractivity contribution < 1.29 is 14.3 Å². The highest BCUT2D eigenvalue weighted by atomic mass is 16.5. The second-order valence-electron chi connectivity index (χ2n) is 9.20. The molecule has 0 saturated carbocycles. The average molecular weight is 486 g/mol. The van der Waals surface area contributed by atoms with Crippen molar-refractivity contribution in [2.45, 2.75) is 32.2 Å². The molecule has 3 aromatic rings. The monoisotopic (exact) mass is 485 g/mol. The molecule has 1 aliphatic rings. The van der Waals surface area contributed by atoms with Crippen LogP contribution in [0.3, 0.4) is 0 Å². The van der Waals surface area contributed by atoms with Crippen LogP contribution in [0.25, 0.3) is 0 Å². The Kier molecular flexibility index (Phi) is 9.11. The highest BCUT2D eigenvalue weighted by molar-refractivity contribution is 6.06. The van der Waals surface area contributed by atoms with E-state index in [-0.39, 0.29) is 11.8 Å². The van der Waals surface area contributed by atoms with Gasteiger partial charge in [-0.1, -0.05) is 48.9 Å². The lowest BCUT2D eigenvalue weighted by atomic mass is 10.1. The Bertz CT molecular complexity index is 1110. The number of amides is 2. The topological polar surface area (TPSA) is 61.9 Å². The van der Waals surface area contributed by atoms with E-state index >= 15 is 0 Å². The van der Waals surface area contributed by atoms with Crippen LogP contribution in [0.2, 0.25) is 0 Å². The molecule has 2 amide bonds. The number of anilines is 1. The van der Waals surface area contributed by atoms with Crippen LogP contribution in [0.15, 0.2) is 78.9 Å². The minimum atomic E-state index is -0.0744. The highest BCUT2D eigenvalue weighted by Crippen LogP contribution is 2.22. The highest BCUT2D eigenvalue weighted by Gasteiger charge is 2.18. The summed E-state index contributed by atoms with van der Waals surface area (Å²) in [7, 11) is 1.64. The Morgan fingerprint density at radius 1 is 0.861 bits per heavy atom. The van der Waals surface area contributed by atoms with Crippen LogP contribution < -0.4 is 15.0 Å². The first-order valence-corrected chi connectivity index (χ1v) is 12.7. The summed E-state index contributed by atoms with van der Waals surface area (Å²) >= 11 is 0. The molecule has 4 rings (SSSR count). The molecule has 1 N–H and O–H groups in total. The van der Waals surface area contributed by atoms with Crippen molar-refractivity contribution in [1.29, 1.82) is 0 Å². The van der Waals surface area contributed by atoms with Gasteiger partial charge in [0, 0.05) is 24.3 Å². The van der Waals surface area contributed by atoms with Crippen LogP contribution in [0.4, 0.5) is 5.69 Å². The zero-order chi connectivity index (χ0) is 25.2. The third-order valence-corrected chi connectivity index (χ3v) is 6.58. The first kappa shape index (κ1) is 25.5. The van der Waals surface area contributed by atoms with Crippen molar-refractivity contribution in [1.82, 2.24) is 10.2 Å². The summed E-state index contributed by atoms with van der Waals surface area (Å²) in [5, 5.41) is 3.04. The molecule has 0 aromatic heterocycles. The fourth-order valence-electron chi connectivity index (χ4n) is 4.51. The van der Waals surface area contributed by atoms with Gasteiger partial charge in [-0.25, -0.2) is 0 Å². The van der Waals surface area contributed by atoms with Crippen LogP contribution >= 0.6 is 0 Å². The lowest BCUT2D eigenvalue weighted by molar-refractivity contribution is -0.120. The van der Waals surface area contributed by atoms with E-state index in [0.717, 1.165) is 42.2 Å². The van der Waals surface area contributed by atoms with Gasteiger partial charge in [-0.3, -0.25) is 9.59 Å². The smallest absolute Gasteiger partial charge is 0.258 e. The van der Waals surface area contributed by atoms with Crippen LogP contribution in [0, 0.1) is 0 Å². The molecule has 6 nitrogen and oxygen atoms in total. The first-order chi connectivity index (χ1) is 17.6. The van der Waals surface area contributed by atoms with E-state index in [9.17, 15) is 9.59 Å². The predicted molar refractivity (Wildman–Crippen MR) is 143 cm³/mol. The van der Waals surface area contributed by atoms with Crippen LogP contribution in [-0.2, 0) is 17.8 Å². The molecular formula is C30H35N3O3. The van der Waals surface area contributed by atoms with Gasteiger partial charge < -0.3 is 19.9 Å². The largest absolute Gasteiger partial charge is 0.497 e. The van der Waals surface area contributed by atoms with E-state index in [4.69, 9.17) is 4.74 Å². The van der Waals surface area contributed by atoms with Gasteiger partial charge in [0.2, 0.25) is 5.91 Å². The quantitative estimate of drug-likeness (QED) is 0.453. The van der Waals surface area contributed by atoms with Gasteiger partial charge in [0.1, 0.15) is 5.75 Å². The van der Waals surface area contributed by atoms with Gasteiger partial charge in [-0.15, -0.1) is 0 Å². The van der Waals surface area contributed by atoms with Crippen molar-refractivity contribution in [3.05, 3.63) is 95.6 Å². The number of hydrogen-bond acceptors (Lipinski definition) is 4. The molecule has 0 unspecified atom stereocenters. The zero-order valence-electron chi connectivity index (χ0n) is 21.0. The van der Waals surface area contributed by atoms with Crippen molar-refractivity contribution in [2.75, 3.05) is 38.2 Å². The van der Waals surface area contributed by atoms with E-state index in [1.54, 1.807) is 12.0 Å². The molecule has 0 aliphatic carbocycles. The number of carbonyl (C=O) groups excluding carboxylic acids is 2. The number of nitrogens with zero attached hydrogens (tertiary/aromatic N) is 2. The van der Waals surface area contributed by atoms with Crippen molar-refractivity contribution in [3.63, 3.8) is 0 Å². The molecule has 1 saturated heterocycles. The van der Waals surface area contributed by atoms with E-state index in [1.807, 2.05) is 78.9 Å². The minimum absolute atomic E-state index is 0.0233. The number of rotatable bonds is 10. The number of benzene rings is 3. The van der Waals surface area contributed by atoms with Gasteiger partial charge in [0.05, 0.1) is 20.1 Å². The van der Waals surface area contributed by atoms with Crippen molar-refractivity contribution in [2.24, 2.45) is 0 Å². The standard InChI is InChI=1S/C30H35N3O3/c1-36-28-16-12-25(13-17-28)23-33(30(35)26-8-4-2-5-9-26)27-14-10-24(11-15-27)22-29(34)31-18-21-32-19-6-3-7-20-32/h2,4-5,8-17H,3,6-7,18-23H2,1H3,(H,31,34). The zero-order valence-corrected chi connectivity index (χ0v) is 21.0. The van der Waals surface area contributed by atoms with Gasteiger partial charge in [0.25, 0.3) is 5.91 Å². The van der Waals surface area contributed by atoms with Crippen LogP contribution in [-0.4, -0.2) is 50.0 Å². The molecule has 1 fully saturated rings. The second-order valence-corrected chi connectivity index (χ2v) is 9.20. The molecule has 0 spiro atoms. The maximum absolute atomic E-state index is 13.4. The number of nitrogens with one attached hydrogen (secondary N) is 1. The molecule has 188 valence electrons. The molecular weight excluding hydrogens is 450 g/mol. The Morgan fingerprint density at radius 2 is 1.53 bits per heavy atom. The fourth-order valence-corrected chi connectivity index (χ4v) is 4.51. The number of carbonyl (C=O) groups is 2. The lowest BCUT2D eigenvalue weighted by Gasteiger charge is -2.26. The molecule has 3 aromatic carbocycles. The fraction of sp³-hybridized carbons (Fsp3) is 0.333. The van der Waals surface area contributed by atoms with Gasteiger partial charge in [0.15, 0.2) is 0 Å². The second kappa shape index (κ2) is 12.9. The summed E-state index contributed by atoms with van der Waals surface area (Å²) in [6, 6.07) is 24.7. The first-order valence-electron chi connectivity index (χ1n) is 12.7. The summed E-state index contributed by atoms with van der Waals surface area (Å²) in [5.41, 5.74) is 3.33. The summed E-state index contributed by atoms with van der Waals surface area (Å²) in [4.78, 5) is 30.1. The lowest BCUT2D eigenvalue weighted by Crippen LogP contribution is -2.38. The van der Waals surface area contributed by atoms with Gasteiger partial charge in [-0.05, 0) is 73.5 Å². The van der Waals surface area contributed by atoms with Gasteiger partial charge in [-0.2, -0.15) is 0 Å². The van der Waals surface area contributed by atoms with E-state index in [1.165, 1.54) is 19.3 Å². The molecule has 0 atom stereocenters. The van der Waals surface area contributed by atoms with Gasteiger partial charge >= 0.3 is 0 Å². The Balaban J connectivity index is 1.41. The van der Waals surface area contributed by atoms with Crippen LogP contribution in [0.1, 0.15) is 40.7 Å². The maximum atomic E-state index is 13.4. The third-order valence-electron chi connectivity index (χ3n) is 6.58. The molecule has 6 heteroatoms. The van der Waals surface area contributed by atoms with Crippen molar-refractivity contribution in [3.8, 4) is 5.75 Å². The SMILES string of the molecule is COc1ccc(CN(C(=O)c2ccccc2)c2ccc(CC(=O)NCCN3CCCCC3)cc2)cc1. The number of likely N-dealkylation sites (tertiary alicyclic amines) is 1. The molecule has 1 heterocycles. The third kappa shape index (κ3) is 7.18. The van der Waals surface area contributed by atoms with Crippen LogP contribution in [0.5, 0.6) is 5.75 Å². The van der Waals surface area contributed by atoms with E-state index in [0.29, 0.717) is 25.1 Å². The molecule has 0 radical (unpaired) electrons. The minimum Gasteiger partial charge on any atom is -0.497 e. The van der Waals surface area contributed by atoms with Crippen molar-refractivity contribution >= 4 is 17.5 Å². The van der Waals surface area contributed by atoms with E-state index < -0.39 is 0 Å². The summed E-state index contributed by atoms with van der Waals surface area (Å²) in [5.74, 6) is 0.725. The Labute approximate surface area is 213 Å². The molecule has 1 aliphatic heterocycles. The Hall–Kier alpha value is -3.64. The number of ether oxygens (including phenoxy) is 1. The maximum Gasteiger partial charge on any atom is 0.258 e. The summed E-state index contributed by atoms with van der Waals surface area (Å²) in [6.45, 7) is 4.27. The average Bonchev–Trinajstić information content (AvgIpc) is 2.93. The molecule has 0 bridgehead atoms. The van der Waals surface area contributed by atoms with E-state index in [2.05, 4.69) is 10.2 Å². The normalized spacial score (nSPS) is 13.7. The Morgan fingerprint density at radius 3 is 2.19 bits per heavy atom.